The number of carbonyl (C=O) groups excluding carboxylic acids is 2. The van der Waals surface area contributed by atoms with Gasteiger partial charge in [-0.05, 0) is 0 Å². The molecule has 2 amide bonds. The van der Waals surface area contributed by atoms with Crippen molar-refractivity contribution >= 4 is 11.8 Å². The smallest absolute Gasteiger partial charge is 0.234 e. The summed E-state index contributed by atoms with van der Waals surface area (Å²) in [6.07, 6.45) is -0.146. The number of hydrogen-bond acceptors (Lipinski definition) is 3. The highest BCUT2D eigenvalue weighted by Crippen LogP contribution is 2.11. The Kier molecular flexibility index (Phi) is 5.39. The van der Waals surface area contributed by atoms with Gasteiger partial charge in [-0.2, -0.15) is 5.26 Å². The van der Waals surface area contributed by atoms with E-state index in [9.17, 15) is 9.59 Å². The molecule has 0 rings (SSSR count). The van der Waals surface area contributed by atoms with Crippen molar-refractivity contribution in [2.24, 2.45) is 5.41 Å². The molecule has 0 radical (unpaired) electrons. The first kappa shape index (κ1) is 13.4. The van der Waals surface area contributed by atoms with Crippen molar-refractivity contribution in [2.45, 2.75) is 27.2 Å². The Morgan fingerprint density at radius 1 is 1.20 bits per heavy atom. The van der Waals surface area contributed by atoms with E-state index in [0.717, 1.165) is 0 Å². The second-order valence-corrected chi connectivity index (χ2v) is 4.19. The molecule has 0 heterocycles. The fourth-order valence-electron chi connectivity index (χ4n) is 0.777. The molecule has 5 nitrogen and oxygen atoms in total. The van der Waals surface area contributed by atoms with Crippen LogP contribution in [0.5, 0.6) is 0 Å². The highest BCUT2D eigenvalue weighted by Gasteiger charge is 2.20. The molecule has 0 bridgehead atoms. The third-order valence-electron chi connectivity index (χ3n) is 1.65. The van der Waals surface area contributed by atoms with E-state index in [1.54, 1.807) is 6.07 Å². The van der Waals surface area contributed by atoms with Crippen LogP contribution >= 0.6 is 0 Å². The SMILES string of the molecule is CC(C)(C)C(=O)NCCNC(=O)CC#N. The first-order valence-electron chi connectivity index (χ1n) is 4.80. The van der Waals surface area contributed by atoms with Gasteiger partial charge in [-0.25, -0.2) is 0 Å². The van der Waals surface area contributed by atoms with Crippen molar-refractivity contribution in [1.82, 2.24) is 10.6 Å². The summed E-state index contributed by atoms with van der Waals surface area (Å²) in [6.45, 7) is 6.18. The minimum absolute atomic E-state index is 0.0583. The van der Waals surface area contributed by atoms with Gasteiger partial charge in [0, 0.05) is 18.5 Å². The topological polar surface area (TPSA) is 82.0 Å². The highest BCUT2D eigenvalue weighted by atomic mass is 16.2. The Hall–Kier alpha value is -1.57. The summed E-state index contributed by atoms with van der Waals surface area (Å²) in [6, 6.07) is 1.74. The van der Waals surface area contributed by atoms with Gasteiger partial charge in [0.05, 0.1) is 6.07 Å². The van der Waals surface area contributed by atoms with Crippen LogP contribution in [0.2, 0.25) is 0 Å². The van der Waals surface area contributed by atoms with E-state index in [2.05, 4.69) is 10.6 Å². The lowest BCUT2D eigenvalue weighted by Crippen LogP contribution is -2.39. The first-order chi connectivity index (χ1) is 6.88. The maximum Gasteiger partial charge on any atom is 0.234 e. The van der Waals surface area contributed by atoms with E-state index in [0.29, 0.717) is 13.1 Å². The van der Waals surface area contributed by atoms with Crippen LogP contribution in [0.4, 0.5) is 0 Å². The molecule has 0 aliphatic rings. The van der Waals surface area contributed by atoms with Crippen molar-refractivity contribution in [1.29, 1.82) is 5.26 Å². The lowest BCUT2D eigenvalue weighted by atomic mass is 9.96. The zero-order chi connectivity index (χ0) is 11.9. The number of nitrogens with one attached hydrogen (secondary N) is 2. The summed E-state index contributed by atoms with van der Waals surface area (Å²) in [5.41, 5.74) is -0.420. The summed E-state index contributed by atoms with van der Waals surface area (Å²) in [5, 5.41) is 13.4. The first-order valence-corrected chi connectivity index (χ1v) is 4.80. The van der Waals surface area contributed by atoms with Gasteiger partial charge in [-0.15, -0.1) is 0 Å². The lowest BCUT2D eigenvalue weighted by Gasteiger charge is -2.17. The predicted octanol–water partition coefficient (Wildman–Crippen LogP) is 0.179. The number of amides is 2. The molecule has 0 aromatic heterocycles. The van der Waals surface area contributed by atoms with Gasteiger partial charge in [0.25, 0.3) is 0 Å². The standard InChI is InChI=1S/C10H17N3O2/c1-10(2,3)9(15)13-7-6-12-8(14)4-5-11/h4,6-7H2,1-3H3,(H,12,14)(H,13,15). The van der Waals surface area contributed by atoms with E-state index >= 15 is 0 Å². The number of nitrogens with zero attached hydrogens (tertiary/aromatic N) is 1. The van der Waals surface area contributed by atoms with Crippen LogP contribution in [0.1, 0.15) is 27.2 Å². The maximum absolute atomic E-state index is 11.4. The van der Waals surface area contributed by atoms with Crippen molar-refractivity contribution < 1.29 is 9.59 Å². The van der Waals surface area contributed by atoms with Crippen molar-refractivity contribution in [3.8, 4) is 6.07 Å². The van der Waals surface area contributed by atoms with Gasteiger partial charge in [-0.3, -0.25) is 9.59 Å². The van der Waals surface area contributed by atoms with E-state index in [1.807, 2.05) is 20.8 Å². The fourth-order valence-corrected chi connectivity index (χ4v) is 0.777. The fraction of sp³-hybridized carbons (Fsp3) is 0.700. The molecule has 0 aliphatic heterocycles. The molecule has 0 aliphatic carbocycles. The van der Waals surface area contributed by atoms with Crippen molar-refractivity contribution in [3.63, 3.8) is 0 Å². The second-order valence-electron chi connectivity index (χ2n) is 4.19. The summed E-state index contributed by atoms with van der Waals surface area (Å²) in [7, 11) is 0. The monoisotopic (exact) mass is 211 g/mol. The average molecular weight is 211 g/mol. The zero-order valence-electron chi connectivity index (χ0n) is 9.39. The molecule has 84 valence electrons. The molecule has 0 unspecified atom stereocenters. The molecule has 5 heteroatoms. The summed E-state index contributed by atoms with van der Waals surface area (Å²) in [4.78, 5) is 22.2. The molecule has 0 spiro atoms. The van der Waals surface area contributed by atoms with Crippen LogP contribution in [0.3, 0.4) is 0 Å². The Morgan fingerprint density at radius 2 is 1.73 bits per heavy atom. The quantitative estimate of drug-likeness (QED) is 0.651. The van der Waals surface area contributed by atoms with Crippen LogP contribution in [0.25, 0.3) is 0 Å². The number of hydrogen-bond donors (Lipinski definition) is 2. The Labute approximate surface area is 89.8 Å². The van der Waals surface area contributed by atoms with E-state index < -0.39 is 5.41 Å². The van der Waals surface area contributed by atoms with E-state index in [4.69, 9.17) is 5.26 Å². The minimum atomic E-state index is -0.420. The molecular formula is C10H17N3O2. The van der Waals surface area contributed by atoms with Crippen LogP contribution in [-0.4, -0.2) is 24.9 Å². The van der Waals surface area contributed by atoms with Crippen molar-refractivity contribution in [3.05, 3.63) is 0 Å². The van der Waals surface area contributed by atoms with Crippen LogP contribution in [0, 0.1) is 16.7 Å². The molecule has 2 N–H and O–H groups in total. The summed E-state index contributed by atoms with van der Waals surface area (Å²) >= 11 is 0. The third kappa shape index (κ3) is 6.49. The Balaban J connectivity index is 3.61. The third-order valence-corrected chi connectivity index (χ3v) is 1.65. The maximum atomic E-state index is 11.4. The molecular weight excluding hydrogens is 194 g/mol. The number of carbonyl (C=O) groups is 2. The Morgan fingerprint density at radius 3 is 2.20 bits per heavy atom. The van der Waals surface area contributed by atoms with Crippen LogP contribution in [0.15, 0.2) is 0 Å². The molecule has 0 atom stereocenters. The van der Waals surface area contributed by atoms with Gasteiger partial charge in [0.1, 0.15) is 6.42 Å². The van der Waals surface area contributed by atoms with Gasteiger partial charge >= 0.3 is 0 Å². The van der Waals surface area contributed by atoms with Crippen LogP contribution in [-0.2, 0) is 9.59 Å². The molecule has 0 aromatic rings. The summed E-state index contributed by atoms with van der Waals surface area (Å²) in [5.74, 6) is -0.375. The average Bonchev–Trinajstić information content (AvgIpc) is 2.11. The van der Waals surface area contributed by atoms with Gasteiger partial charge in [0.15, 0.2) is 0 Å². The van der Waals surface area contributed by atoms with E-state index in [-0.39, 0.29) is 18.2 Å². The van der Waals surface area contributed by atoms with Gasteiger partial charge in [0.2, 0.25) is 11.8 Å². The zero-order valence-corrected chi connectivity index (χ0v) is 9.39. The summed E-state index contributed by atoms with van der Waals surface area (Å²) < 4.78 is 0. The normalized spacial score (nSPS) is 10.3. The van der Waals surface area contributed by atoms with Crippen LogP contribution < -0.4 is 10.6 Å². The minimum Gasteiger partial charge on any atom is -0.354 e. The molecule has 0 fully saturated rings. The van der Waals surface area contributed by atoms with Gasteiger partial charge in [-0.1, -0.05) is 20.8 Å². The highest BCUT2D eigenvalue weighted by molar-refractivity contribution is 5.81. The van der Waals surface area contributed by atoms with Gasteiger partial charge < -0.3 is 10.6 Å². The molecule has 0 aromatic carbocycles. The lowest BCUT2D eigenvalue weighted by molar-refractivity contribution is -0.128. The predicted molar refractivity (Wildman–Crippen MR) is 55.7 cm³/mol. The van der Waals surface area contributed by atoms with E-state index in [1.165, 1.54) is 0 Å². The van der Waals surface area contributed by atoms with Crippen molar-refractivity contribution in [2.75, 3.05) is 13.1 Å². The largest absolute Gasteiger partial charge is 0.354 e. The molecule has 0 saturated carbocycles. The molecule has 15 heavy (non-hydrogen) atoms. The molecule has 0 saturated heterocycles. The Bertz CT molecular complexity index is 273. The number of rotatable bonds is 4. The second kappa shape index (κ2) is 6.02. The number of nitriles is 1.